The smallest absolute Gasteiger partial charge is 0.249 e. The van der Waals surface area contributed by atoms with Crippen LogP contribution in [0.5, 0.6) is 0 Å². The predicted molar refractivity (Wildman–Crippen MR) is 90.0 cm³/mol. The number of benzene rings is 1. The topological polar surface area (TPSA) is 60.9 Å². The van der Waals surface area contributed by atoms with E-state index in [2.05, 4.69) is 0 Å². The van der Waals surface area contributed by atoms with E-state index in [1.54, 1.807) is 11.9 Å². The van der Waals surface area contributed by atoms with Crippen molar-refractivity contribution in [1.82, 2.24) is 4.90 Å². The van der Waals surface area contributed by atoms with Gasteiger partial charge < -0.3 is 14.9 Å². The Kier molecular flexibility index (Phi) is 5.77. The molecule has 2 amide bonds. The van der Waals surface area contributed by atoms with E-state index < -0.39 is 12.1 Å². The number of likely N-dealkylation sites (N-methyl/N-ethyl adjacent to an activating group) is 1. The molecule has 1 aromatic carbocycles. The molecule has 1 aliphatic rings. The van der Waals surface area contributed by atoms with Crippen molar-refractivity contribution < 1.29 is 14.7 Å². The summed E-state index contributed by atoms with van der Waals surface area (Å²) in [5.41, 5.74) is 0.866. The first-order valence-electron chi connectivity index (χ1n) is 8.22. The fourth-order valence-electron chi connectivity index (χ4n) is 2.81. The summed E-state index contributed by atoms with van der Waals surface area (Å²) in [4.78, 5) is 28.4. The molecule has 1 fully saturated rings. The molecule has 2 atom stereocenters. The van der Waals surface area contributed by atoms with Crippen LogP contribution in [0.15, 0.2) is 30.3 Å². The number of anilines is 1. The maximum absolute atomic E-state index is 12.8. The number of carbonyl (C=O) groups is 2. The first-order valence-corrected chi connectivity index (χ1v) is 8.22. The van der Waals surface area contributed by atoms with Crippen molar-refractivity contribution in [3.63, 3.8) is 0 Å². The quantitative estimate of drug-likeness (QED) is 0.904. The number of rotatable bonds is 5. The van der Waals surface area contributed by atoms with Crippen LogP contribution >= 0.6 is 0 Å². The van der Waals surface area contributed by atoms with Gasteiger partial charge in [-0.15, -0.1) is 0 Å². The van der Waals surface area contributed by atoms with Crippen molar-refractivity contribution in [1.29, 1.82) is 0 Å². The number of aliphatic hydroxyl groups is 1. The lowest BCUT2D eigenvalue weighted by atomic mass is 10.00. The van der Waals surface area contributed by atoms with Gasteiger partial charge in [0.25, 0.3) is 0 Å². The van der Waals surface area contributed by atoms with E-state index in [1.165, 1.54) is 4.90 Å². The van der Waals surface area contributed by atoms with Crippen LogP contribution in [0.25, 0.3) is 0 Å². The van der Waals surface area contributed by atoms with E-state index in [4.69, 9.17) is 0 Å². The molecule has 0 radical (unpaired) electrons. The fraction of sp³-hybridized carbons (Fsp3) is 0.556. The molecule has 1 aromatic rings. The van der Waals surface area contributed by atoms with Crippen LogP contribution in [-0.4, -0.2) is 47.6 Å². The molecule has 0 spiro atoms. The first kappa shape index (κ1) is 17.5. The van der Waals surface area contributed by atoms with Gasteiger partial charge in [0.1, 0.15) is 6.04 Å². The lowest BCUT2D eigenvalue weighted by Gasteiger charge is -2.37. The number of para-hydroxylation sites is 1. The maximum Gasteiger partial charge on any atom is 0.249 e. The second kappa shape index (κ2) is 7.59. The van der Waals surface area contributed by atoms with Crippen molar-refractivity contribution >= 4 is 17.5 Å². The Morgan fingerprint density at radius 1 is 1.35 bits per heavy atom. The highest BCUT2D eigenvalue weighted by molar-refractivity contribution is 5.99. The van der Waals surface area contributed by atoms with Gasteiger partial charge in [-0.05, 0) is 30.9 Å². The first-order chi connectivity index (χ1) is 10.9. The van der Waals surface area contributed by atoms with Crippen LogP contribution in [0, 0.1) is 5.92 Å². The zero-order valence-corrected chi connectivity index (χ0v) is 14.1. The van der Waals surface area contributed by atoms with Crippen LogP contribution in [0.1, 0.15) is 33.1 Å². The van der Waals surface area contributed by atoms with Crippen molar-refractivity contribution in [2.45, 2.75) is 45.3 Å². The number of hydrogen-bond donors (Lipinski definition) is 1. The third kappa shape index (κ3) is 4.10. The molecule has 1 heterocycles. The molecule has 1 aliphatic heterocycles. The van der Waals surface area contributed by atoms with E-state index in [1.807, 2.05) is 44.2 Å². The lowest BCUT2D eigenvalue weighted by molar-refractivity contribution is -0.140. The Labute approximate surface area is 137 Å². The highest BCUT2D eigenvalue weighted by atomic mass is 16.3. The van der Waals surface area contributed by atoms with Gasteiger partial charge in [0.2, 0.25) is 11.8 Å². The molecule has 0 aliphatic carbocycles. The van der Waals surface area contributed by atoms with E-state index in [-0.39, 0.29) is 24.2 Å². The summed E-state index contributed by atoms with van der Waals surface area (Å²) >= 11 is 0. The minimum Gasteiger partial charge on any atom is -0.392 e. The van der Waals surface area contributed by atoms with Gasteiger partial charge in [-0.3, -0.25) is 9.59 Å². The number of nitrogens with zero attached hydrogens (tertiary/aromatic N) is 2. The van der Waals surface area contributed by atoms with E-state index in [9.17, 15) is 14.7 Å². The SMILES string of the molecule is CC(C)C(O)CC(=O)N(C)C1CCCN(c2ccccc2)C1=O. The van der Waals surface area contributed by atoms with Crippen molar-refractivity contribution in [3.05, 3.63) is 30.3 Å². The standard InChI is InChI=1S/C18H26N2O3/c1-13(2)16(21)12-17(22)19(3)15-10-7-11-20(18(15)23)14-8-5-4-6-9-14/h4-6,8-9,13,15-16,21H,7,10-12H2,1-3H3. The monoisotopic (exact) mass is 318 g/mol. The molecule has 1 saturated heterocycles. The lowest BCUT2D eigenvalue weighted by Crippen LogP contribution is -2.53. The molecule has 2 unspecified atom stereocenters. The van der Waals surface area contributed by atoms with Gasteiger partial charge in [-0.1, -0.05) is 32.0 Å². The summed E-state index contributed by atoms with van der Waals surface area (Å²) < 4.78 is 0. The number of carbonyl (C=O) groups excluding carboxylic acids is 2. The van der Waals surface area contributed by atoms with Crippen LogP contribution in [0.4, 0.5) is 5.69 Å². The summed E-state index contributed by atoms with van der Waals surface area (Å²) in [6.07, 6.45) is 0.912. The minimum atomic E-state index is -0.672. The molecular weight excluding hydrogens is 292 g/mol. The van der Waals surface area contributed by atoms with Gasteiger partial charge in [0, 0.05) is 19.3 Å². The second-order valence-corrected chi connectivity index (χ2v) is 6.50. The van der Waals surface area contributed by atoms with Crippen LogP contribution < -0.4 is 4.90 Å². The van der Waals surface area contributed by atoms with E-state index in [0.717, 1.165) is 12.1 Å². The van der Waals surface area contributed by atoms with E-state index in [0.29, 0.717) is 13.0 Å². The normalized spacial score (nSPS) is 19.8. The van der Waals surface area contributed by atoms with Crippen LogP contribution in [0.3, 0.4) is 0 Å². The zero-order chi connectivity index (χ0) is 17.0. The Morgan fingerprint density at radius 2 is 2.00 bits per heavy atom. The molecule has 2 rings (SSSR count). The molecule has 5 nitrogen and oxygen atoms in total. The molecule has 5 heteroatoms. The minimum absolute atomic E-state index is 0.0234. The molecule has 0 aromatic heterocycles. The van der Waals surface area contributed by atoms with E-state index >= 15 is 0 Å². The Morgan fingerprint density at radius 3 is 2.61 bits per heavy atom. The Hall–Kier alpha value is -1.88. The number of piperidine rings is 1. The number of amides is 2. The average Bonchev–Trinajstić information content (AvgIpc) is 2.55. The van der Waals surface area contributed by atoms with Crippen molar-refractivity contribution in [2.24, 2.45) is 5.92 Å². The molecule has 0 saturated carbocycles. The Bertz CT molecular complexity index is 544. The Balaban J connectivity index is 2.07. The average molecular weight is 318 g/mol. The van der Waals surface area contributed by atoms with Gasteiger partial charge in [-0.2, -0.15) is 0 Å². The molecule has 1 N–H and O–H groups in total. The van der Waals surface area contributed by atoms with Crippen LogP contribution in [0.2, 0.25) is 0 Å². The maximum atomic E-state index is 12.8. The van der Waals surface area contributed by atoms with Gasteiger partial charge in [0.15, 0.2) is 0 Å². The molecule has 23 heavy (non-hydrogen) atoms. The predicted octanol–water partition coefficient (Wildman–Crippen LogP) is 2.05. The van der Waals surface area contributed by atoms with Gasteiger partial charge >= 0.3 is 0 Å². The zero-order valence-electron chi connectivity index (χ0n) is 14.1. The summed E-state index contributed by atoms with van der Waals surface area (Å²) in [7, 11) is 1.66. The summed E-state index contributed by atoms with van der Waals surface area (Å²) in [6, 6.07) is 9.09. The molecule has 0 bridgehead atoms. The third-order valence-corrected chi connectivity index (χ3v) is 4.49. The van der Waals surface area contributed by atoms with Crippen molar-refractivity contribution in [2.75, 3.05) is 18.5 Å². The molecule has 126 valence electrons. The summed E-state index contributed by atoms with van der Waals surface area (Å²) in [5.74, 6) is -0.202. The third-order valence-electron chi connectivity index (χ3n) is 4.49. The van der Waals surface area contributed by atoms with Gasteiger partial charge in [0.05, 0.1) is 12.5 Å². The molecular formula is C18H26N2O3. The second-order valence-electron chi connectivity index (χ2n) is 6.50. The number of aliphatic hydroxyl groups excluding tert-OH is 1. The van der Waals surface area contributed by atoms with Gasteiger partial charge in [-0.25, -0.2) is 0 Å². The highest BCUT2D eigenvalue weighted by Gasteiger charge is 2.34. The highest BCUT2D eigenvalue weighted by Crippen LogP contribution is 2.23. The largest absolute Gasteiger partial charge is 0.392 e. The fourth-order valence-corrected chi connectivity index (χ4v) is 2.81. The summed E-state index contributed by atoms with van der Waals surface area (Å²) in [5, 5.41) is 9.90. The van der Waals surface area contributed by atoms with Crippen molar-refractivity contribution in [3.8, 4) is 0 Å². The number of hydrogen-bond acceptors (Lipinski definition) is 3. The van der Waals surface area contributed by atoms with Crippen LogP contribution in [-0.2, 0) is 9.59 Å². The summed E-state index contributed by atoms with van der Waals surface area (Å²) in [6.45, 7) is 4.43.